The van der Waals surface area contributed by atoms with E-state index in [0.29, 0.717) is 25.9 Å². The van der Waals surface area contributed by atoms with Gasteiger partial charge in [-0.3, -0.25) is 9.59 Å². The van der Waals surface area contributed by atoms with Crippen LogP contribution in [-0.2, 0) is 32.1 Å². The van der Waals surface area contributed by atoms with Crippen molar-refractivity contribution in [2.45, 2.75) is 44.1 Å². The number of hydrogen-bond acceptors (Lipinski definition) is 8. The van der Waals surface area contributed by atoms with E-state index in [1.54, 1.807) is 16.2 Å². The van der Waals surface area contributed by atoms with Crippen molar-refractivity contribution < 1.29 is 39.6 Å². The summed E-state index contributed by atoms with van der Waals surface area (Å²) in [6.07, 6.45) is -2.58. The van der Waals surface area contributed by atoms with E-state index in [2.05, 4.69) is 0 Å². The predicted molar refractivity (Wildman–Crippen MR) is 123 cm³/mol. The molecule has 34 heavy (non-hydrogen) atoms. The van der Waals surface area contributed by atoms with E-state index < -0.39 is 30.2 Å². The van der Waals surface area contributed by atoms with Gasteiger partial charge in [0.05, 0.1) is 24.0 Å². The minimum absolute atomic E-state index is 0.0761. The van der Waals surface area contributed by atoms with Crippen molar-refractivity contribution >= 4 is 46.5 Å². The molecule has 1 aromatic heterocycles. The lowest BCUT2D eigenvalue weighted by Crippen LogP contribution is -2.49. The van der Waals surface area contributed by atoms with Gasteiger partial charge in [-0.25, -0.2) is 9.59 Å². The number of thiophene rings is 1. The smallest absolute Gasteiger partial charge is 0.335 e. The van der Waals surface area contributed by atoms with Crippen LogP contribution in [0, 0.1) is 0 Å². The Bertz CT molecular complexity index is 1060. The second-order valence-corrected chi connectivity index (χ2v) is 8.65. The summed E-state index contributed by atoms with van der Waals surface area (Å²) in [4.78, 5) is 48.1. The van der Waals surface area contributed by atoms with Crippen molar-refractivity contribution in [3.8, 4) is 0 Å². The molecule has 0 bridgehead atoms. The van der Waals surface area contributed by atoms with Gasteiger partial charge < -0.3 is 36.0 Å². The molecule has 4 rings (SSSR count). The molecule has 6 N–H and O–H groups in total. The lowest BCUT2D eigenvalue weighted by atomic mass is 9.95. The number of aliphatic hydroxyl groups is 2. The third kappa shape index (κ3) is 5.42. The molecule has 2 aliphatic rings. The Balaban J connectivity index is 0.000000277. The number of fused-ring (bicyclic) bond motifs is 1. The first-order chi connectivity index (χ1) is 16.1. The summed E-state index contributed by atoms with van der Waals surface area (Å²) in [6, 6.07) is 7.38. The molecule has 0 spiro atoms. The van der Waals surface area contributed by atoms with Crippen molar-refractivity contribution in [3.63, 3.8) is 0 Å². The molecule has 0 saturated carbocycles. The highest BCUT2D eigenvalue weighted by atomic mass is 32.1. The van der Waals surface area contributed by atoms with E-state index in [-0.39, 0.29) is 11.8 Å². The standard InChI is InChI=1S/C18H19N3O2S.C4H6O6/c19-14-9-13-3-1-4-15(20-7-2-5-16(20)22)17(13)21(18(14)23)10-12-6-8-24-11-12;5-1(3(7)8)2(6)4(9)10/h1,3-4,6,8,11,14H,2,5,7,9-10,19H2;1-2,5-6H,(H,7,8)(H,9,10)/t;1-,2-/m.0/s1. The van der Waals surface area contributed by atoms with Crippen LogP contribution in [0.2, 0.25) is 0 Å². The second kappa shape index (κ2) is 10.7. The summed E-state index contributed by atoms with van der Waals surface area (Å²) in [5.41, 5.74) is 9.88. The van der Waals surface area contributed by atoms with Gasteiger partial charge in [0.1, 0.15) is 0 Å². The molecule has 1 unspecified atom stereocenters. The Morgan fingerprint density at radius 1 is 1.12 bits per heavy atom. The highest BCUT2D eigenvalue weighted by molar-refractivity contribution is 7.07. The number of nitrogens with zero attached hydrogens (tertiary/aromatic N) is 2. The van der Waals surface area contributed by atoms with Crippen LogP contribution in [0.1, 0.15) is 24.0 Å². The third-order valence-corrected chi connectivity index (χ3v) is 6.21. The summed E-state index contributed by atoms with van der Waals surface area (Å²) in [5, 5.41) is 36.6. The maximum absolute atomic E-state index is 12.8. The van der Waals surface area contributed by atoms with Gasteiger partial charge in [0, 0.05) is 13.0 Å². The van der Waals surface area contributed by atoms with Crippen molar-refractivity contribution in [2.75, 3.05) is 16.3 Å². The molecule has 3 atom stereocenters. The molecule has 2 aromatic rings. The topological polar surface area (TPSA) is 182 Å². The van der Waals surface area contributed by atoms with Crippen molar-refractivity contribution in [3.05, 3.63) is 46.2 Å². The first-order valence-electron chi connectivity index (χ1n) is 10.4. The van der Waals surface area contributed by atoms with Gasteiger partial charge in [-0.05, 0) is 46.9 Å². The number of amides is 2. The minimum atomic E-state index is -2.27. The monoisotopic (exact) mass is 491 g/mol. The van der Waals surface area contributed by atoms with E-state index >= 15 is 0 Å². The number of carboxylic acids is 2. The Hall–Kier alpha value is -3.32. The van der Waals surface area contributed by atoms with E-state index in [4.69, 9.17) is 26.2 Å². The number of nitrogens with two attached hydrogens (primary N) is 1. The minimum Gasteiger partial charge on any atom is -0.479 e. The average Bonchev–Trinajstić information content (AvgIpc) is 3.47. The number of benzene rings is 1. The number of carbonyl (C=O) groups excluding carboxylic acids is 2. The van der Waals surface area contributed by atoms with Crippen LogP contribution in [0.25, 0.3) is 0 Å². The van der Waals surface area contributed by atoms with E-state index in [1.807, 2.05) is 39.9 Å². The van der Waals surface area contributed by atoms with Crippen LogP contribution in [-0.4, -0.2) is 69.0 Å². The molecule has 1 fully saturated rings. The van der Waals surface area contributed by atoms with E-state index in [1.165, 1.54) is 0 Å². The molecule has 182 valence electrons. The van der Waals surface area contributed by atoms with Crippen LogP contribution in [0.3, 0.4) is 0 Å². The molecular formula is C22H25N3O8S. The average molecular weight is 492 g/mol. The fourth-order valence-electron chi connectivity index (χ4n) is 3.80. The Morgan fingerprint density at radius 2 is 1.79 bits per heavy atom. The number of aliphatic carboxylic acids is 2. The zero-order valence-electron chi connectivity index (χ0n) is 18.0. The van der Waals surface area contributed by atoms with Crippen LogP contribution >= 0.6 is 11.3 Å². The van der Waals surface area contributed by atoms with Gasteiger partial charge in [0.25, 0.3) is 0 Å². The summed E-state index contributed by atoms with van der Waals surface area (Å²) in [7, 11) is 0. The van der Waals surface area contributed by atoms with Gasteiger partial charge in [-0.15, -0.1) is 0 Å². The largest absolute Gasteiger partial charge is 0.479 e. The van der Waals surface area contributed by atoms with Gasteiger partial charge in [0.2, 0.25) is 11.8 Å². The Kier molecular flexibility index (Phi) is 7.99. The van der Waals surface area contributed by atoms with E-state index in [9.17, 15) is 19.2 Å². The van der Waals surface area contributed by atoms with Crippen LogP contribution in [0.5, 0.6) is 0 Å². The highest BCUT2D eigenvalue weighted by Crippen LogP contribution is 2.39. The number of para-hydroxylation sites is 1. The molecule has 0 aliphatic carbocycles. The van der Waals surface area contributed by atoms with Crippen molar-refractivity contribution in [2.24, 2.45) is 5.73 Å². The number of hydrogen-bond donors (Lipinski definition) is 5. The maximum Gasteiger partial charge on any atom is 0.335 e. The van der Waals surface area contributed by atoms with Gasteiger partial charge in [-0.1, -0.05) is 12.1 Å². The first kappa shape index (κ1) is 25.3. The predicted octanol–water partition coefficient (Wildman–Crippen LogP) is 0.169. The van der Waals surface area contributed by atoms with Crippen molar-refractivity contribution in [1.82, 2.24) is 0 Å². The molecule has 1 saturated heterocycles. The molecule has 2 aliphatic heterocycles. The lowest BCUT2D eigenvalue weighted by molar-refractivity contribution is -0.165. The summed E-state index contributed by atoms with van der Waals surface area (Å²) < 4.78 is 0. The fraction of sp³-hybridized carbons (Fsp3) is 0.364. The van der Waals surface area contributed by atoms with Gasteiger partial charge in [0.15, 0.2) is 12.2 Å². The SMILES string of the molecule is NC1Cc2cccc(N3CCCC3=O)c2N(Cc2ccsc2)C1=O.O=C(O)[C@@H](O)[C@H](O)C(=O)O. The third-order valence-electron chi connectivity index (χ3n) is 5.48. The lowest BCUT2D eigenvalue weighted by Gasteiger charge is -2.36. The highest BCUT2D eigenvalue weighted by Gasteiger charge is 2.35. The van der Waals surface area contributed by atoms with Crippen LogP contribution in [0.4, 0.5) is 11.4 Å². The van der Waals surface area contributed by atoms with Crippen LogP contribution in [0.15, 0.2) is 35.0 Å². The zero-order valence-corrected chi connectivity index (χ0v) is 18.9. The van der Waals surface area contributed by atoms with Crippen molar-refractivity contribution in [1.29, 1.82) is 0 Å². The quantitative estimate of drug-likeness (QED) is 0.376. The summed E-state index contributed by atoms with van der Waals surface area (Å²) >= 11 is 1.61. The Morgan fingerprint density at radius 3 is 2.32 bits per heavy atom. The molecular weight excluding hydrogens is 466 g/mol. The molecule has 11 nitrogen and oxygen atoms in total. The van der Waals surface area contributed by atoms with Gasteiger partial charge >= 0.3 is 11.9 Å². The Labute approximate surface area is 198 Å². The van der Waals surface area contributed by atoms with E-state index in [0.717, 1.165) is 28.9 Å². The molecule has 1 aromatic carbocycles. The number of rotatable bonds is 6. The summed E-state index contributed by atoms with van der Waals surface area (Å²) in [5.74, 6) is -3.49. The molecule has 0 radical (unpaired) electrons. The number of carboxylic acid groups (broad SMARTS) is 2. The van der Waals surface area contributed by atoms with Crippen LogP contribution < -0.4 is 15.5 Å². The number of anilines is 2. The maximum atomic E-state index is 12.8. The fourth-order valence-corrected chi connectivity index (χ4v) is 4.46. The number of carbonyl (C=O) groups is 4. The molecule has 12 heteroatoms. The summed E-state index contributed by atoms with van der Waals surface area (Å²) in [6.45, 7) is 1.20. The molecule has 2 amide bonds. The van der Waals surface area contributed by atoms with Gasteiger partial charge in [-0.2, -0.15) is 11.3 Å². The normalized spacial score (nSPS) is 19.2. The zero-order chi connectivity index (χ0) is 25.0. The molecule has 3 heterocycles. The number of aliphatic hydroxyl groups excluding tert-OH is 2. The first-order valence-corrected chi connectivity index (χ1v) is 11.4. The second-order valence-electron chi connectivity index (χ2n) is 7.87.